The Kier molecular flexibility index (Phi) is 4.22. The fraction of sp³-hybridized carbons (Fsp3) is 0.200. The maximum atomic E-state index is 6.29. The molecule has 2 nitrogen and oxygen atoms in total. The molecule has 1 unspecified atom stereocenters. The molecule has 1 heterocycles. The number of halogens is 3. The highest BCUT2D eigenvalue weighted by atomic mass is 79.9. The molecular formula is C15H12Br3NO. The average molecular weight is 462 g/mol. The zero-order valence-electron chi connectivity index (χ0n) is 10.4. The monoisotopic (exact) mass is 459 g/mol. The normalized spacial score (nSPS) is 21.2. The van der Waals surface area contributed by atoms with Crippen molar-refractivity contribution in [3.63, 3.8) is 0 Å². The van der Waals surface area contributed by atoms with E-state index in [-0.39, 0.29) is 12.1 Å². The van der Waals surface area contributed by atoms with Crippen LogP contribution in [-0.2, 0) is 0 Å². The van der Waals surface area contributed by atoms with E-state index in [9.17, 15) is 0 Å². The molecule has 0 aliphatic carbocycles. The Balaban J connectivity index is 1.94. The molecule has 0 radical (unpaired) electrons. The number of fused-ring (bicyclic) bond motifs is 1. The van der Waals surface area contributed by atoms with Gasteiger partial charge >= 0.3 is 0 Å². The van der Waals surface area contributed by atoms with Crippen molar-refractivity contribution in [3.05, 3.63) is 60.9 Å². The van der Waals surface area contributed by atoms with Gasteiger partial charge in [0.25, 0.3) is 0 Å². The molecule has 2 aromatic carbocycles. The van der Waals surface area contributed by atoms with E-state index in [4.69, 9.17) is 10.5 Å². The van der Waals surface area contributed by atoms with Crippen LogP contribution in [0.2, 0.25) is 0 Å². The third-order valence-electron chi connectivity index (χ3n) is 3.42. The number of hydrogen-bond acceptors (Lipinski definition) is 2. The fourth-order valence-electron chi connectivity index (χ4n) is 2.39. The molecule has 0 amide bonds. The summed E-state index contributed by atoms with van der Waals surface area (Å²) in [6.45, 7) is 0. The van der Waals surface area contributed by atoms with Crippen LogP contribution in [0.5, 0.6) is 5.75 Å². The smallest absolute Gasteiger partial charge is 0.126 e. The Morgan fingerprint density at radius 1 is 1.00 bits per heavy atom. The second-order valence-electron chi connectivity index (χ2n) is 4.80. The van der Waals surface area contributed by atoms with Crippen molar-refractivity contribution in [3.8, 4) is 5.75 Å². The van der Waals surface area contributed by atoms with E-state index < -0.39 is 0 Å². The maximum absolute atomic E-state index is 6.29. The van der Waals surface area contributed by atoms with E-state index in [1.165, 1.54) is 0 Å². The molecule has 20 heavy (non-hydrogen) atoms. The van der Waals surface area contributed by atoms with Crippen LogP contribution < -0.4 is 10.5 Å². The first-order valence-corrected chi connectivity index (χ1v) is 8.59. The minimum Gasteiger partial charge on any atom is -0.485 e. The first-order chi connectivity index (χ1) is 9.54. The summed E-state index contributed by atoms with van der Waals surface area (Å²) in [5, 5.41) is 0. The molecule has 0 bridgehead atoms. The molecule has 0 fully saturated rings. The van der Waals surface area contributed by atoms with E-state index >= 15 is 0 Å². The van der Waals surface area contributed by atoms with Crippen LogP contribution in [0.15, 0.2) is 49.8 Å². The third-order valence-corrected chi connectivity index (χ3v) is 5.80. The first-order valence-electron chi connectivity index (χ1n) is 6.21. The van der Waals surface area contributed by atoms with Crippen molar-refractivity contribution < 1.29 is 4.74 Å². The molecule has 1 aliphatic rings. The van der Waals surface area contributed by atoms with Crippen molar-refractivity contribution >= 4 is 47.8 Å². The second kappa shape index (κ2) is 5.79. The number of benzene rings is 2. The van der Waals surface area contributed by atoms with E-state index in [0.717, 1.165) is 36.7 Å². The van der Waals surface area contributed by atoms with Crippen LogP contribution in [-0.4, -0.2) is 0 Å². The predicted molar refractivity (Wildman–Crippen MR) is 90.9 cm³/mol. The SMILES string of the molecule is N[C@H]1CC(c2ccc(Br)c(Br)c2)Oc2ccc(Br)cc21. The standard InChI is InChI=1S/C15H12Br3NO/c16-9-2-4-14-10(6-9)13(19)7-15(20-14)8-1-3-11(17)12(18)5-8/h1-6,13,15H,7,19H2/t13-,15?/m0/s1. The molecule has 2 aromatic rings. The van der Waals surface area contributed by atoms with Crippen molar-refractivity contribution in [2.45, 2.75) is 18.6 Å². The molecule has 1 aliphatic heterocycles. The van der Waals surface area contributed by atoms with Crippen LogP contribution in [0, 0.1) is 0 Å². The molecule has 0 saturated carbocycles. The molecule has 2 N–H and O–H groups in total. The highest BCUT2D eigenvalue weighted by Gasteiger charge is 2.27. The van der Waals surface area contributed by atoms with Gasteiger partial charge in [-0.05, 0) is 67.8 Å². The number of ether oxygens (including phenoxy) is 1. The molecule has 0 aromatic heterocycles. The summed E-state index contributed by atoms with van der Waals surface area (Å²) in [6.07, 6.45) is 0.764. The summed E-state index contributed by atoms with van der Waals surface area (Å²) in [5.41, 5.74) is 8.48. The van der Waals surface area contributed by atoms with Crippen molar-refractivity contribution in [1.29, 1.82) is 0 Å². The first kappa shape index (κ1) is 14.6. The van der Waals surface area contributed by atoms with Gasteiger partial charge in [0.1, 0.15) is 11.9 Å². The predicted octanol–water partition coefficient (Wildman–Crippen LogP) is 5.50. The van der Waals surface area contributed by atoms with E-state index in [2.05, 4.69) is 59.9 Å². The van der Waals surface area contributed by atoms with Gasteiger partial charge in [0, 0.05) is 31.4 Å². The summed E-state index contributed by atoms with van der Waals surface area (Å²) < 4.78 is 9.18. The lowest BCUT2D eigenvalue weighted by molar-refractivity contribution is 0.161. The Labute approximate surface area is 143 Å². The van der Waals surface area contributed by atoms with Crippen molar-refractivity contribution in [2.24, 2.45) is 5.73 Å². The minimum absolute atomic E-state index is 0.0105. The van der Waals surface area contributed by atoms with E-state index in [1.54, 1.807) is 0 Å². The fourth-order valence-corrected chi connectivity index (χ4v) is 3.41. The lowest BCUT2D eigenvalue weighted by Crippen LogP contribution is -2.24. The molecular weight excluding hydrogens is 450 g/mol. The second-order valence-corrected chi connectivity index (χ2v) is 7.43. The van der Waals surface area contributed by atoms with Gasteiger partial charge in [0.2, 0.25) is 0 Å². The topological polar surface area (TPSA) is 35.2 Å². The number of rotatable bonds is 1. The molecule has 2 atom stereocenters. The largest absolute Gasteiger partial charge is 0.485 e. The minimum atomic E-state index is -0.0110. The summed E-state index contributed by atoms with van der Waals surface area (Å²) in [4.78, 5) is 0. The van der Waals surface area contributed by atoms with E-state index in [0.29, 0.717) is 0 Å². The van der Waals surface area contributed by atoms with Gasteiger partial charge in [-0.15, -0.1) is 0 Å². The summed E-state index contributed by atoms with van der Waals surface area (Å²) in [7, 11) is 0. The molecule has 5 heteroatoms. The highest BCUT2D eigenvalue weighted by Crippen LogP contribution is 2.41. The van der Waals surface area contributed by atoms with Crippen LogP contribution in [0.1, 0.15) is 29.7 Å². The highest BCUT2D eigenvalue weighted by molar-refractivity contribution is 9.13. The van der Waals surface area contributed by atoms with Gasteiger partial charge in [0.05, 0.1) is 0 Å². The van der Waals surface area contributed by atoms with Crippen molar-refractivity contribution in [2.75, 3.05) is 0 Å². The summed E-state index contributed by atoms with van der Waals surface area (Å²) in [5.74, 6) is 0.871. The lowest BCUT2D eigenvalue weighted by atomic mass is 9.94. The van der Waals surface area contributed by atoms with Crippen LogP contribution in [0.3, 0.4) is 0 Å². The molecule has 0 spiro atoms. The Bertz CT molecular complexity index is 660. The lowest BCUT2D eigenvalue weighted by Gasteiger charge is -2.31. The molecule has 0 saturated heterocycles. The van der Waals surface area contributed by atoms with E-state index in [1.807, 2.05) is 24.3 Å². The van der Waals surface area contributed by atoms with Crippen LogP contribution in [0.4, 0.5) is 0 Å². The Morgan fingerprint density at radius 2 is 1.80 bits per heavy atom. The Morgan fingerprint density at radius 3 is 2.55 bits per heavy atom. The van der Waals surface area contributed by atoms with Gasteiger partial charge in [-0.1, -0.05) is 22.0 Å². The zero-order chi connectivity index (χ0) is 14.3. The Hall–Kier alpha value is -0.360. The third kappa shape index (κ3) is 2.82. The maximum Gasteiger partial charge on any atom is 0.126 e. The van der Waals surface area contributed by atoms with Gasteiger partial charge in [-0.3, -0.25) is 0 Å². The van der Waals surface area contributed by atoms with Crippen LogP contribution in [0.25, 0.3) is 0 Å². The van der Waals surface area contributed by atoms with Gasteiger partial charge in [0.15, 0.2) is 0 Å². The van der Waals surface area contributed by atoms with Gasteiger partial charge in [-0.25, -0.2) is 0 Å². The number of hydrogen-bond donors (Lipinski definition) is 1. The van der Waals surface area contributed by atoms with Crippen LogP contribution >= 0.6 is 47.8 Å². The molecule has 3 rings (SSSR count). The van der Waals surface area contributed by atoms with Gasteiger partial charge in [-0.2, -0.15) is 0 Å². The average Bonchev–Trinajstić information content (AvgIpc) is 2.42. The van der Waals surface area contributed by atoms with Gasteiger partial charge < -0.3 is 10.5 Å². The molecule has 104 valence electrons. The quantitative estimate of drug-likeness (QED) is 0.608. The van der Waals surface area contributed by atoms with Crippen molar-refractivity contribution in [1.82, 2.24) is 0 Å². The summed E-state index contributed by atoms with van der Waals surface area (Å²) >= 11 is 10.5. The zero-order valence-corrected chi connectivity index (χ0v) is 15.2. The number of nitrogens with two attached hydrogens (primary N) is 1. The summed E-state index contributed by atoms with van der Waals surface area (Å²) in [6, 6.07) is 12.1.